The Balaban J connectivity index is 2.59. The molecule has 4 atom stereocenters. The fourth-order valence-electron chi connectivity index (χ4n) is 2.60. The van der Waals surface area contributed by atoms with Gasteiger partial charge >= 0.3 is 12.1 Å². The number of nitrogens with one attached hydrogen (secondary N) is 1. The van der Waals surface area contributed by atoms with Crippen molar-refractivity contribution in [2.24, 2.45) is 17.8 Å². The average Bonchev–Trinajstić information content (AvgIpc) is 2.57. The van der Waals surface area contributed by atoms with E-state index in [0.717, 1.165) is 0 Å². The molecule has 0 aliphatic heterocycles. The van der Waals surface area contributed by atoms with Crippen molar-refractivity contribution in [1.29, 1.82) is 0 Å². The second kappa shape index (κ2) is 5.79. The fourth-order valence-corrected chi connectivity index (χ4v) is 2.60. The van der Waals surface area contributed by atoms with Gasteiger partial charge in [0.1, 0.15) is 0 Å². The second-order valence-electron chi connectivity index (χ2n) is 5.36. The molecule has 1 rings (SSSR count). The number of alkyl halides is 3. The van der Waals surface area contributed by atoms with Crippen LogP contribution in [0.5, 0.6) is 0 Å². The summed E-state index contributed by atoms with van der Waals surface area (Å²) in [5.41, 5.74) is 0. The number of rotatable bonds is 4. The predicted octanol–water partition coefficient (Wildman–Crippen LogP) is 2.19. The first-order chi connectivity index (χ1) is 8.60. The van der Waals surface area contributed by atoms with Gasteiger partial charge in [0, 0.05) is 6.04 Å². The molecule has 0 heterocycles. The summed E-state index contributed by atoms with van der Waals surface area (Å²) in [5, 5.41) is 11.3. The van der Waals surface area contributed by atoms with E-state index in [9.17, 15) is 22.8 Å². The Labute approximate surface area is 109 Å². The van der Waals surface area contributed by atoms with E-state index < -0.39 is 42.4 Å². The third kappa shape index (κ3) is 4.72. The summed E-state index contributed by atoms with van der Waals surface area (Å²) in [6.07, 6.45) is -4.66. The van der Waals surface area contributed by atoms with Crippen LogP contribution < -0.4 is 5.32 Å². The fraction of sp³-hybridized carbons (Fsp3) is 0.833. The molecule has 0 spiro atoms. The summed E-state index contributed by atoms with van der Waals surface area (Å²) in [5.74, 6) is -3.09. The number of amides is 1. The monoisotopic (exact) mass is 281 g/mol. The first-order valence-corrected chi connectivity index (χ1v) is 6.20. The second-order valence-corrected chi connectivity index (χ2v) is 5.36. The van der Waals surface area contributed by atoms with Gasteiger partial charge in [0.15, 0.2) is 0 Å². The van der Waals surface area contributed by atoms with Gasteiger partial charge in [-0.2, -0.15) is 13.2 Å². The van der Waals surface area contributed by atoms with E-state index in [1.165, 1.54) is 6.92 Å². The SMILES string of the molecule is CC1CC(C(=O)O)C(C(=O)NC(C)CC(F)(F)F)C1. The quantitative estimate of drug-likeness (QED) is 0.830. The van der Waals surface area contributed by atoms with Crippen molar-refractivity contribution in [2.75, 3.05) is 0 Å². The Hall–Kier alpha value is -1.27. The van der Waals surface area contributed by atoms with Crippen LogP contribution >= 0.6 is 0 Å². The molecule has 0 aromatic carbocycles. The molecule has 4 unspecified atom stereocenters. The molecule has 1 saturated carbocycles. The molecule has 0 bridgehead atoms. The van der Waals surface area contributed by atoms with Crippen LogP contribution in [0.2, 0.25) is 0 Å². The van der Waals surface area contributed by atoms with E-state index in [4.69, 9.17) is 5.11 Å². The Morgan fingerprint density at radius 1 is 1.32 bits per heavy atom. The summed E-state index contributed by atoms with van der Waals surface area (Å²) < 4.78 is 36.5. The lowest BCUT2D eigenvalue weighted by Crippen LogP contribution is -2.41. The summed E-state index contributed by atoms with van der Waals surface area (Å²) in [7, 11) is 0. The molecule has 0 saturated heterocycles. The summed E-state index contributed by atoms with van der Waals surface area (Å²) in [6.45, 7) is 3.10. The molecule has 2 N–H and O–H groups in total. The van der Waals surface area contributed by atoms with Gasteiger partial charge < -0.3 is 10.4 Å². The minimum Gasteiger partial charge on any atom is -0.481 e. The van der Waals surface area contributed by atoms with Gasteiger partial charge in [-0.15, -0.1) is 0 Å². The van der Waals surface area contributed by atoms with E-state index in [0.29, 0.717) is 12.8 Å². The minimum atomic E-state index is -4.35. The van der Waals surface area contributed by atoms with Crippen LogP contribution in [0.4, 0.5) is 13.2 Å². The molecule has 19 heavy (non-hydrogen) atoms. The first kappa shape index (κ1) is 15.8. The molecule has 110 valence electrons. The van der Waals surface area contributed by atoms with Crippen LogP contribution in [-0.2, 0) is 9.59 Å². The zero-order valence-electron chi connectivity index (χ0n) is 10.8. The number of carboxylic acids is 1. The lowest BCUT2D eigenvalue weighted by molar-refractivity contribution is -0.148. The maximum Gasteiger partial charge on any atom is 0.391 e. The van der Waals surface area contributed by atoms with Crippen molar-refractivity contribution < 1.29 is 27.9 Å². The number of carbonyl (C=O) groups is 2. The molecular formula is C12H18F3NO3. The van der Waals surface area contributed by atoms with E-state index in [-0.39, 0.29) is 5.92 Å². The summed E-state index contributed by atoms with van der Waals surface area (Å²) >= 11 is 0. The number of aliphatic carboxylic acids is 1. The molecule has 7 heteroatoms. The molecule has 0 aromatic rings. The number of carboxylic acid groups (broad SMARTS) is 1. The molecule has 1 aliphatic rings. The normalized spacial score (nSPS) is 29.0. The third-order valence-electron chi connectivity index (χ3n) is 3.38. The highest BCUT2D eigenvalue weighted by Crippen LogP contribution is 2.36. The highest BCUT2D eigenvalue weighted by molar-refractivity contribution is 5.85. The van der Waals surface area contributed by atoms with Gasteiger partial charge in [-0.1, -0.05) is 6.92 Å². The number of halogens is 3. The smallest absolute Gasteiger partial charge is 0.391 e. The Morgan fingerprint density at radius 3 is 2.32 bits per heavy atom. The average molecular weight is 281 g/mol. The van der Waals surface area contributed by atoms with Crippen molar-refractivity contribution in [3.8, 4) is 0 Å². The van der Waals surface area contributed by atoms with Crippen molar-refractivity contribution in [3.63, 3.8) is 0 Å². The Bertz CT molecular complexity index is 357. The Kier molecular flexibility index (Phi) is 4.81. The van der Waals surface area contributed by atoms with Gasteiger partial charge in [-0.25, -0.2) is 0 Å². The largest absolute Gasteiger partial charge is 0.481 e. The minimum absolute atomic E-state index is 0.0924. The van der Waals surface area contributed by atoms with Crippen molar-refractivity contribution in [3.05, 3.63) is 0 Å². The van der Waals surface area contributed by atoms with E-state index in [1.807, 2.05) is 6.92 Å². The first-order valence-electron chi connectivity index (χ1n) is 6.20. The van der Waals surface area contributed by atoms with Crippen molar-refractivity contribution in [1.82, 2.24) is 5.32 Å². The van der Waals surface area contributed by atoms with E-state index in [2.05, 4.69) is 5.32 Å². The molecule has 0 aromatic heterocycles. The molecule has 1 amide bonds. The van der Waals surface area contributed by atoms with Gasteiger partial charge in [0.05, 0.1) is 18.3 Å². The predicted molar refractivity (Wildman–Crippen MR) is 61.3 cm³/mol. The van der Waals surface area contributed by atoms with Gasteiger partial charge in [-0.3, -0.25) is 9.59 Å². The number of carbonyl (C=O) groups excluding carboxylic acids is 1. The zero-order valence-corrected chi connectivity index (χ0v) is 10.8. The van der Waals surface area contributed by atoms with E-state index in [1.54, 1.807) is 0 Å². The van der Waals surface area contributed by atoms with Crippen LogP contribution in [0.3, 0.4) is 0 Å². The molecule has 1 aliphatic carbocycles. The molecule has 1 fully saturated rings. The van der Waals surface area contributed by atoms with Crippen LogP contribution in [0.15, 0.2) is 0 Å². The third-order valence-corrected chi connectivity index (χ3v) is 3.38. The van der Waals surface area contributed by atoms with E-state index >= 15 is 0 Å². The van der Waals surface area contributed by atoms with Crippen LogP contribution in [0, 0.1) is 17.8 Å². The number of hydrogen-bond acceptors (Lipinski definition) is 2. The standard InChI is InChI=1S/C12H18F3NO3/c1-6-3-8(9(4-6)11(18)19)10(17)16-7(2)5-12(13,14)15/h6-9H,3-5H2,1-2H3,(H,16,17)(H,18,19). The summed E-state index contributed by atoms with van der Waals surface area (Å²) in [6, 6.07) is -1.04. The zero-order chi connectivity index (χ0) is 14.8. The van der Waals surface area contributed by atoms with Crippen LogP contribution in [0.1, 0.15) is 33.1 Å². The van der Waals surface area contributed by atoms with Crippen molar-refractivity contribution in [2.45, 2.75) is 45.3 Å². The maximum absolute atomic E-state index is 12.2. The molecular weight excluding hydrogens is 263 g/mol. The van der Waals surface area contributed by atoms with Gasteiger partial charge in [0.25, 0.3) is 0 Å². The number of hydrogen-bond donors (Lipinski definition) is 2. The highest BCUT2D eigenvalue weighted by Gasteiger charge is 2.42. The van der Waals surface area contributed by atoms with Gasteiger partial charge in [-0.05, 0) is 25.7 Å². The lowest BCUT2D eigenvalue weighted by Gasteiger charge is -2.20. The van der Waals surface area contributed by atoms with Gasteiger partial charge in [0.2, 0.25) is 5.91 Å². The topological polar surface area (TPSA) is 66.4 Å². The van der Waals surface area contributed by atoms with Crippen LogP contribution in [0.25, 0.3) is 0 Å². The maximum atomic E-state index is 12.2. The summed E-state index contributed by atoms with van der Waals surface area (Å²) in [4.78, 5) is 22.9. The lowest BCUT2D eigenvalue weighted by atomic mass is 9.95. The Morgan fingerprint density at radius 2 is 1.84 bits per heavy atom. The van der Waals surface area contributed by atoms with Crippen molar-refractivity contribution >= 4 is 11.9 Å². The molecule has 4 nitrogen and oxygen atoms in total. The molecule has 0 radical (unpaired) electrons. The highest BCUT2D eigenvalue weighted by atomic mass is 19.4. The van der Waals surface area contributed by atoms with Crippen LogP contribution in [-0.4, -0.2) is 29.2 Å².